The number of ether oxygens (including phenoxy) is 2. The zero-order chi connectivity index (χ0) is 36.0. The maximum atomic E-state index is 11.8. The predicted octanol–water partition coefficient (Wildman–Crippen LogP) is 7.92. The van der Waals surface area contributed by atoms with Crippen molar-refractivity contribution in [2.75, 3.05) is 0 Å². The molecule has 48 heavy (non-hydrogen) atoms. The Bertz CT molecular complexity index is 1580. The second-order valence-electron chi connectivity index (χ2n) is 15.2. The largest absolute Gasteiger partial charge is 0.462 e. The molecule has 5 atom stereocenters. The van der Waals surface area contributed by atoms with Gasteiger partial charge in [-0.05, 0) is 70.6 Å². The SMILES string of the molecule is CC(=O)O[C@H]1CC(C)(C)[C@]2(C#C/C(C=O)=C/C=C/C(C)=C/C=C/C=C(C)/C=C/C=C(\C)C=C=C3C(C)(C)C[C@H](O)C[C@@]3(C)O)O[C@]2(C)C1. The highest BCUT2D eigenvalue weighted by atomic mass is 16.6. The molecule has 0 bridgehead atoms. The molecule has 2 saturated carbocycles. The van der Waals surface area contributed by atoms with E-state index in [1.807, 2.05) is 102 Å². The van der Waals surface area contributed by atoms with Crippen LogP contribution in [-0.4, -0.2) is 51.5 Å². The summed E-state index contributed by atoms with van der Waals surface area (Å²) in [6.07, 6.45) is 23.5. The van der Waals surface area contributed by atoms with Gasteiger partial charge in [-0.1, -0.05) is 105 Å². The molecule has 3 fully saturated rings. The number of carbonyl (C=O) groups is 2. The van der Waals surface area contributed by atoms with Crippen LogP contribution in [0.3, 0.4) is 0 Å². The first-order valence-electron chi connectivity index (χ1n) is 16.7. The summed E-state index contributed by atoms with van der Waals surface area (Å²) in [5, 5.41) is 21.0. The summed E-state index contributed by atoms with van der Waals surface area (Å²) < 4.78 is 11.7. The summed E-state index contributed by atoms with van der Waals surface area (Å²) in [6, 6.07) is 0. The van der Waals surface area contributed by atoms with E-state index in [1.165, 1.54) is 6.92 Å². The Kier molecular flexibility index (Phi) is 12.3. The molecule has 0 aromatic heterocycles. The van der Waals surface area contributed by atoms with Gasteiger partial charge in [0, 0.05) is 30.8 Å². The van der Waals surface area contributed by atoms with Crippen molar-refractivity contribution in [1.82, 2.24) is 0 Å². The third-order valence-corrected chi connectivity index (χ3v) is 9.45. The molecule has 1 aliphatic heterocycles. The van der Waals surface area contributed by atoms with Crippen LogP contribution in [0.5, 0.6) is 0 Å². The first-order chi connectivity index (χ1) is 22.3. The molecule has 2 aliphatic carbocycles. The predicted molar refractivity (Wildman–Crippen MR) is 193 cm³/mol. The van der Waals surface area contributed by atoms with E-state index in [0.717, 1.165) is 28.6 Å². The topological polar surface area (TPSA) is 96.4 Å². The molecule has 6 heteroatoms. The molecule has 0 unspecified atom stereocenters. The third kappa shape index (κ3) is 9.68. The van der Waals surface area contributed by atoms with Crippen LogP contribution >= 0.6 is 0 Å². The van der Waals surface area contributed by atoms with E-state index in [9.17, 15) is 19.8 Å². The van der Waals surface area contributed by atoms with Crippen LogP contribution in [0, 0.1) is 22.7 Å². The highest BCUT2D eigenvalue weighted by Gasteiger charge is 2.76. The number of aliphatic hydroxyl groups excluding tert-OH is 1. The Morgan fingerprint density at radius 3 is 1.96 bits per heavy atom. The van der Waals surface area contributed by atoms with Crippen molar-refractivity contribution < 1.29 is 29.3 Å². The number of epoxide rings is 1. The molecule has 6 nitrogen and oxygen atoms in total. The van der Waals surface area contributed by atoms with Gasteiger partial charge in [0.25, 0.3) is 0 Å². The fraction of sp³-hybridized carbons (Fsp3) is 0.500. The van der Waals surface area contributed by atoms with Crippen molar-refractivity contribution in [2.45, 2.75) is 124 Å². The van der Waals surface area contributed by atoms with Crippen LogP contribution in [0.25, 0.3) is 0 Å². The van der Waals surface area contributed by atoms with Gasteiger partial charge in [-0.2, -0.15) is 0 Å². The molecular weight excluding hydrogens is 600 g/mol. The Labute approximate surface area is 288 Å². The summed E-state index contributed by atoms with van der Waals surface area (Å²) in [5.41, 5.74) is 4.65. The van der Waals surface area contributed by atoms with Gasteiger partial charge in [-0.15, -0.1) is 5.73 Å². The molecule has 3 aliphatic rings. The second-order valence-corrected chi connectivity index (χ2v) is 15.2. The maximum Gasteiger partial charge on any atom is 0.302 e. The lowest BCUT2D eigenvalue weighted by molar-refractivity contribution is -0.149. The van der Waals surface area contributed by atoms with Crippen molar-refractivity contribution in [3.8, 4) is 11.8 Å². The van der Waals surface area contributed by atoms with E-state index >= 15 is 0 Å². The van der Waals surface area contributed by atoms with E-state index < -0.39 is 22.9 Å². The molecule has 2 N–H and O–H groups in total. The number of hydrogen-bond acceptors (Lipinski definition) is 6. The molecule has 258 valence electrons. The molecule has 1 saturated heterocycles. The highest BCUT2D eigenvalue weighted by Crippen LogP contribution is 2.65. The van der Waals surface area contributed by atoms with Crippen LogP contribution < -0.4 is 0 Å². The van der Waals surface area contributed by atoms with E-state index in [2.05, 4.69) is 31.4 Å². The molecule has 0 amide bonds. The monoisotopic (exact) mass is 654 g/mol. The van der Waals surface area contributed by atoms with Crippen LogP contribution in [0.1, 0.15) is 94.9 Å². The maximum absolute atomic E-state index is 11.8. The smallest absolute Gasteiger partial charge is 0.302 e. The Morgan fingerprint density at radius 2 is 1.42 bits per heavy atom. The molecule has 0 radical (unpaired) electrons. The lowest BCUT2D eigenvalue weighted by atomic mass is 9.63. The zero-order valence-electron chi connectivity index (χ0n) is 30.4. The lowest BCUT2D eigenvalue weighted by Crippen LogP contribution is -2.47. The Hall–Kier alpha value is -3.72. The summed E-state index contributed by atoms with van der Waals surface area (Å²) in [5.74, 6) is 5.99. The van der Waals surface area contributed by atoms with E-state index in [4.69, 9.17) is 9.47 Å². The van der Waals surface area contributed by atoms with E-state index in [0.29, 0.717) is 31.3 Å². The summed E-state index contributed by atoms with van der Waals surface area (Å²) in [6.45, 7) is 19.4. The average molecular weight is 655 g/mol. The van der Waals surface area contributed by atoms with Crippen molar-refractivity contribution >= 4 is 12.3 Å². The fourth-order valence-electron chi connectivity index (χ4n) is 7.31. The van der Waals surface area contributed by atoms with Gasteiger partial charge in [-0.25, -0.2) is 0 Å². The average Bonchev–Trinajstić information content (AvgIpc) is 3.56. The summed E-state index contributed by atoms with van der Waals surface area (Å²) >= 11 is 0. The van der Waals surface area contributed by atoms with Crippen molar-refractivity contribution in [2.24, 2.45) is 10.8 Å². The number of allylic oxidation sites excluding steroid dienone is 14. The van der Waals surface area contributed by atoms with Gasteiger partial charge in [0.2, 0.25) is 0 Å². The summed E-state index contributed by atoms with van der Waals surface area (Å²) in [4.78, 5) is 23.3. The van der Waals surface area contributed by atoms with Crippen LogP contribution in [0.4, 0.5) is 0 Å². The first-order valence-corrected chi connectivity index (χ1v) is 16.7. The minimum atomic E-state index is -1.08. The van der Waals surface area contributed by atoms with Crippen molar-refractivity contribution in [1.29, 1.82) is 0 Å². The Balaban J connectivity index is 1.58. The number of aldehydes is 1. The van der Waals surface area contributed by atoms with Gasteiger partial charge >= 0.3 is 5.97 Å². The minimum Gasteiger partial charge on any atom is -0.462 e. The molecular formula is C42H54O6. The number of aliphatic hydroxyl groups is 2. The van der Waals surface area contributed by atoms with Crippen LogP contribution in [0.2, 0.25) is 0 Å². The minimum absolute atomic E-state index is 0.209. The number of hydrogen-bond donors (Lipinski definition) is 2. The molecule has 3 rings (SSSR count). The van der Waals surface area contributed by atoms with E-state index in [-0.39, 0.29) is 22.9 Å². The third-order valence-electron chi connectivity index (χ3n) is 9.45. The number of esters is 1. The van der Waals surface area contributed by atoms with Crippen LogP contribution in [-0.2, 0) is 19.1 Å². The van der Waals surface area contributed by atoms with Gasteiger partial charge in [0.1, 0.15) is 11.7 Å². The summed E-state index contributed by atoms with van der Waals surface area (Å²) in [7, 11) is 0. The van der Waals surface area contributed by atoms with Gasteiger partial charge in [0.05, 0.1) is 17.3 Å². The standard InChI is InChI=1S/C42H54O6/c1-30(17-13-18-32(3)21-22-37-38(5,6)25-35(45)26-40(37,9)46)15-11-12-16-31(2)19-14-20-34(29-43)23-24-42-39(7,8)27-36(47-33(4)44)28-41(42,10)48-42/h11-21,29,35-36,45-46H,25-28H2,1-10H3/b12-11+,17-13+,19-14+,30-15+,31-16+,32-18+,34-20-/t22?,35-,36-,40+,41+,42-/m0/s1. The van der Waals surface area contributed by atoms with E-state index in [1.54, 1.807) is 13.0 Å². The quantitative estimate of drug-likeness (QED) is 0.0499. The second kappa shape index (κ2) is 15.2. The highest BCUT2D eigenvalue weighted by molar-refractivity contribution is 5.81. The fourth-order valence-corrected chi connectivity index (χ4v) is 7.31. The number of fused-ring (bicyclic) bond motifs is 1. The number of carbonyl (C=O) groups excluding carboxylic acids is 2. The number of rotatable bonds is 9. The van der Waals surface area contributed by atoms with Gasteiger partial charge < -0.3 is 19.7 Å². The van der Waals surface area contributed by atoms with Crippen LogP contribution in [0.15, 0.2) is 100 Å². The molecule has 0 spiro atoms. The lowest BCUT2D eigenvalue weighted by Gasteiger charge is -2.43. The zero-order valence-corrected chi connectivity index (χ0v) is 30.4. The molecule has 1 heterocycles. The van der Waals surface area contributed by atoms with Gasteiger partial charge in [0.15, 0.2) is 11.9 Å². The first kappa shape index (κ1) is 38.7. The normalized spacial score (nSPS) is 32.0. The molecule has 0 aromatic rings. The molecule has 0 aromatic carbocycles. The Morgan fingerprint density at radius 1 is 0.833 bits per heavy atom. The van der Waals surface area contributed by atoms with Crippen molar-refractivity contribution in [3.05, 3.63) is 100 Å². The van der Waals surface area contributed by atoms with Crippen molar-refractivity contribution in [3.63, 3.8) is 0 Å². The van der Waals surface area contributed by atoms with Gasteiger partial charge in [-0.3, -0.25) is 9.59 Å².